The lowest BCUT2D eigenvalue weighted by molar-refractivity contribution is 0.553. The Bertz CT molecular complexity index is 379. The summed E-state index contributed by atoms with van der Waals surface area (Å²) in [7, 11) is 1.99. The first-order valence-corrected chi connectivity index (χ1v) is 6.96. The van der Waals surface area contributed by atoms with E-state index >= 15 is 0 Å². The van der Waals surface area contributed by atoms with Crippen LogP contribution in [0.4, 0.5) is 11.5 Å². The van der Waals surface area contributed by atoms with Crippen LogP contribution in [0.2, 0.25) is 0 Å². The van der Waals surface area contributed by atoms with Crippen molar-refractivity contribution < 1.29 is 0 Å². The van der Waals surface area contributed by atoms with Gasteiger partial charge in [0.05, 0.1) is 11.4 Å². The van der Waals surface area contributed by atoms with Crippen LogP contribution >= 0.6 is 0 Å². The van der Waals surface area contributed by atoms with Crippen molar-refractivity contribution in [1.29, 1.82) is 0 Å². The summed E-state index contributed by atoms with van der Waals surface area (Å²) in [6.45, 7) is 12.0. The molecule has 0 radical (unpaired) electrons. The van der Waals surface area contributed by atoms with Crippen molar-refractivity contribution in [3.8, 4) is 0 Å². The highest BCUT2D eigenvalue weighted by molar-refractivity contribution is 5.66. The Balaban J connectivity index is 3.11. The molecule has 0 bridgehead atoms. The molecule has 0 aromatic carbocycles. The molecule has 0 amide bonds. The number of aromatic nitrogens is 2. The molecule has 2 N–H and O–H groups in total. The number of nitrogens with zero attached hydrogens (tertiary/aromatic N) is 3. The molecule has 1 rings (SSSR count). The van der Waals surface area contributed by atoms with E-state index in [4.69, 9.17) is 5.73 Å². The summed E-state index contributed by atoms with van der Waals surface area (Å²) in [4.78, 5) is 2.35. The number of hydrogen-bond acceptors (Lipinski definition) is 3. The molecule has 1 aromatic rings. The van der Waals surface area contributed by atoms with E-state index < -0.39 is 0 Å². The monoisotopic (exact) mass is 252 g/mol. The van der Waals surface area contributed by atoms with Gasteiger partial charge in [0, 0.05) is 19.6 Å². The fourth-order valence-corrected chi connectivity index (χ4v) is 2.28. The Morgan fingerprint density at radius 2 is 1.89 bits per heavy atom. The van der Waals surface area contributed by atoms with Gasteiger partial charge in [-0.2, -0.15) is 5.10 Å². The zero-order valence-corrected chi connectivity index (χ0v) is 12.7. The second-order valence-corrected chi connectivity index (χ2v) is 5.70. The third-order valence-corrected chi connectivity index (χ3v) is 3.07. The van der Waals surface area contributed by atoms with Crippen LogP contribution in [0, 0.1) is 5.92 Å². The highest BCUT2D eigenvalue weighted by Crippen LogP contribution is 2.29. The molecule has 4 nitrogen and oxygen atoms in total. The summed E-state index contributed by atoms with van der Waals surface area (Å²) in [5.74, 6) is 1.68. The molecule has 104 valence electrons. The molecule has 0 fully saturated rings. The normalized spacial score (nSPS) is 11.6. The number of nitrogens with two attached hydrogens (primary N) is 1. The summed E-state index contributed by atoms with van der Waals surface area (Å²) in [5, 5.41) is 4.56. The van der Waals surface area contributed by atoms with Gasteiger partial charge in [-0.05, 0) is 26.2 Å². The zero-order chi connectivity index (χ0) is 13.9. The predicted octanol–water partition coefficient (Wildman–Crippen LogP) is 2.83. The third-order valence-electron chi connectivity index (χ3n) is 3.07. The number of anilines is 2. The summed E-state index contributed by atoms with van der Waals surface area (Å²) in [6.07, 6.45) is 2.03. The predicted molar refractivity (Wildman–Crippen MR) is 78.9 cm³/mol. The average Bonchev–Trinajstić information content (AvgIpc) is 2.52. The van der Waals surface area contributed by atoms with Crippen molar-refractivity contribution in [2.24, 2.45) is 13.0 Å². The van der Waals surface area contributed by atoms with Crippen LogP contribution < -0.4 is 10.6 Å². The van der Waals surface area contributed by atoms with E-state index in [0.29, 0.717) is 12.0 Å². The van der Waals surface area contributed by atoms with Crippen molar-refractivity contribution in [1.82, 2.24) is 9.78 Å². The molecule has 0 atom stereocenters. The molecular weight excluding hydrogens is 224 g/mol. The number of hydrogen-bond donors (Lipinski definition) is 1. The Hall–Kier alpha value is -1.19. The molecule has 0 aliphatic carbocycles. The highest BCUT2D eigenvalue weighted by atomic mass is 15.4. The maximum absolute atomic E-state index is 6.28. The second kappa shape index (κ2) is 6.12. The lowest BCUT2D eigenvalue weighted by atomic mass is 10.1. The van der Waals surface area contributed by atoms with E-state index in [9.17, 15) is 0 Å². The average molecular weight is 252 g/mol. The smallest absolute Gasteiger partial charge is 0.150 e. The van der Waals surface area contributed by atoms with Crippen molar-refractivity contribution in [2.75, 3.05) is 17.2 Å². The minimum absolute atomic E-state index is 0.430. The molecule has 0 unspecified atom stereocenters. The molecule has 18 heavy (non-hydrogen) atoms. The van der Waals surface area contributed by atoms with E-state index in [0.717, 1.165) is 36.6 Å². The minimum atomic E-state index is 0.430. The van der Waals surface area contributed by atoms with E-state index in [1.54, 1.807) is 0 Å². The van der Waals surface area contributed by atoms with Crippen molar-refractivity contribution in [3.05, 3.63) is 5.69 Å². The maximum Gasteiger partial charge on any atom is 0.150 e. The topological polar surface area (TPSA) is 47.1 Å². The van der Waals surface area contributed by atoms with Gasteiger partial charge in [0.1, 0.15) is 0 Å². The second-order valence-electron chi connectivity index (χ2n) is 5.70. The minimum Gasteiger partial charge on any atom is -0.394 e. The van der Waals surface area contributed by atoms with Crippen LogP contribution in [-0.4, -0.2) is 22.4 Å². The van der Waals surface area contributed by atoms with Gasteiger partial charge in [-0.15, -0.1) is 0 Å². The summed E-state index contributed by atoms with van der Waals surface area (Å²) < 4.78 is 1.93. The molecule has 0 spiro atoms. The zero-order valence-electron chi connectivity index (χ0n) is 12.7. The third kappa shape index (κ3) is 3.18. The van der Waals surface area contributed by atoms with Crippen LogP contribution in [-0.2, 0) is 13.5 Å². The highest BCUT2D eigenvalue weighted by Gasteiger charge is 2.21. The largest absolute Gasteiger partial charge is 0.394 e. The lowest BCUT2D eigenvalue weighted by Gasteiger charge is -2.30. The van der Waals surface area contributed by atoms with Gasteiger partial charge in [0.2, 0.25) is 0 Å². The van der Waals surface area contributed by atoms with Gasteiger partial charge >= 0.3 is 0 Å². The molecule has 1 aromatic heterocycles. The van der Waals surface area contributed by atoms with Crippen LogP contribution in [0.1, 0.15) is 46.7 Å². The molecule has 1 heterocycles. The van der Waals surface area contributed by atoms with Crippen LogP contribution in [0.15, 0.2) is 0 Å². The number of aryl methyl sites for hydroxylation is 2. The van der Waals surface area contributed by atoms with Gasteiger partial charge in [-0.25, -0.2) is 0 Å². The summed E-state index contributed by atoms with van der Waals surface area (Å²) in [6, 6.07) is 0.430. The van der Waals surface area contributed by atoms with Crippen LogP contribution in [0.25, 0.3) is 0 Å². The lowest BCUT2D eigenvalue weighted by Crippen LogP contribution is -2.36. The quantitative estimate of drug-likeness (QED) is 0.847. The van der Waals surface area contributed by atoms with Crippen molar-refractivity contribution in [2.45, 2.75) is 53.5 Å². The number of rotatable bonds is 6. The van der Waals surface area contributed by atoms with E-state index in [1.165, 1.54) is 0 Å². The van der Waals surface area contributed by atoms with E-state index in [2.05, 4.69) is 44.6 Å². The van der Waals surface area contributed by atoms with Gasteiger partial charge < -0.3 is 10.6 Å². The van der Waals surface area contributed by atoms with E-state index in [-0.39, 0.29) is 0 Å². The first-order valence-electron chi connectivity index (χ1n) is 6.96. The van der Waals surface area contributed by atoms with Crippen LogP contribution in [0.3, 0.4) is 0 Å². The molecular formula is C14H28N4. The molecule has 0 aliphatic rings. The Kier molecular flexibility index (Phi) is 5.05. The maximum atomic E-state index is 6.28. The standard InChI is InChI=1S/C14H28N4/c1-7-8-12-13(15)14(17(6)16-12)18(11(4)5)9-10(2)3/h10-11H,7-9,15H2,1-6H3. The first-order chi connectivity index (χ1) is 8.38. The molecule has 4 heteroatoms. The molecule has 0 saturated heterocycles. The van der Waals surface area contributed by atoms with E-state index in [1.807, 2.05) is 11.7 Å². The number of nitrogen functional groups attached to an aromatic ring is 1. The van der Waals surface area contributed by atoms with Crippen molar-refractivity contribution in [3.63, 3.8) is 0 Å². The molecule has 0 saturated carbocycles. The fraction of sp³-hybridized carbons (Fsp3) is 0.786. The summed E-state index contributed by atoms with van der Waals surface area (Å²) >= 11 is 0. The SMILES string of the molecule is CCCc1nn(C)c(N(CC(C)C)C(C)C)c1N. The Morgan fingerprint density at radius 3 is 2.33 bits per heavy atom. The van der Waals surface area contributed by atoms with Crippen LogP contribution in [0.5, 0.6) is 0 Å². The Labute approximate surface area is 111 Å². The van der Waals surface area contributed by atoms with Gasteiger partial charge in [0.15, 0.2) is 5.82 Å². The van der Waals surface area contributed by atoms with Gasteiger partial charge in [-0.3, -0.25) is 4.68 Å². The van der Waals surface area contributed by atoms with Crippen molar-refractivity contribution >= 4 is 11.5 Å². The van der Waals surface area contributed by atoms with Gasteiger partial charge in [-0.1, -0.05) is 27.2 Å². The first kappa shape index (κ1) is 14.9. The Morgan fingerprint density at radius 1 is 1.28 bits per heavy atom. The molecule has 0 aliphatic heterocycles. The van der Waals surface area contributed by atoms with Gasteiger partial charge in [0.25, 0.3) is 0 Å². The summed E-state index contributed by atoms with van der Waals surface area (Å²) in [5.41, 5.74) is 8.17. The fourth-order valence-electron chi connectivity index (χ4n) is 2.28.